The van der Waals surface area contributed by atoms with Crippen molar-refractivity contribution in [1.82, 2.24) is 0 Å². The molecule has 1 heterocycles. The molecule has 0 amide bonds. The number of fused-ring (bicyclic) bond motifs is 1. The number of ether oxygens (including phenoxy) is 2. The van der Waals surface area contributed by atoms with E-state index in [-0.39, 0.29) is 35.8 Å². The van der Waals surface area contributed by atoms with Crippen molar-refractivity contribution in [2.24, 2.45) is 29.6 Å². The van der Waals surface area contributed by atoms with Gasteiger partial charge in [-0.2, -0.15) is 0 Å². The van der Waals surface area contributed by atoms with Gasteiger partial charge in [-0.05, 0) is 25.7 Å². The van der Waals surface area contributed by atoms with Crippen molar-refractivity contribution in [3.63, 3.8) is 0 Å². The van der Waals surface area contributed by atoms with Crippen LogP contribution in [0, 0.1) is 29.6 Å². The van der Waals surface area contributed by atoms with Gasteiger partial charge in [-0.3, -0.25) is 14.4 Å². The predicted octanol–water partition coefficient (Wildman–Crippen LogP) is 0.802. The van der Waals surface area contributed by atoms with Crippen molar-refractivity contribution in [3.8, 4) is 0 Å². The summed E-state index contributed by atoms with van der Waals surface area (Å²) < 4.78 is 11.2. The maximum absolute atomic E-state index is 13.2. The summed E-state index contributed by atoms with van der Waals surface area (Å²) >= 11 is 0. The molecular weight excluding hydrogens is 404 g/mol. The van der Waals surface area contributed by atoms with Crippen molar-refractivity contribution in [3.05, 3.63) is 12.2 Å². The van der Waals surface area contributed by atoms with Crippen LogP contribution in [-0.2, 0) is 23.9 Å². The molecule has 0 spiro atoms. The molecule has 0 aromatic carbocycles. The zero-order valence-electron chi connectivity index (χ0n) is 18.3. The number of hydrogen-bond donors (Lipinski definition) is 3. The smallest absolute Gasteiger partial charge is 0.186 e. The first-order valence-corrected chi connectivity index (χ1v) is 11.3. The Hall–Kier alpha value is -1.45. The molecule has 1 aliphatic heterocycles. The Labute approximate surface area is 182 Å². The van der Waals surface area contributed by atoms with Crippen molar-refractivity contribution < 1.29 is 39.2 Å². The molecule has 0 aromatic heterocycles. The quantitative estimate of drug-likeness (QED) is 0.375. The second-order valence-electron chi connectivity index (χ2n) is 9.12. The van der Waals surface area contributed by atoms with Gasteiger partial charge >= 0.3 is 0 Å². The fourth-order valence-corrected chi connectivity index (χ4v) is 5.06. The number of allylic oxidation sites excluding steroid dienone is 1. The van der Waals surface area contributed by atoms with Crippen molar-refractivity contribution in [2.75, 3.05) is 6.61 Å². The minimum Gasteiger partial charge on any atom is -0.388 e. The molecule has 3 aliphatic rings. The highest BCUT2D eigenvalue weighted by atomic mass is 16.7. The largest absolute Gasteiger partial charge is 0.388 e. The number of ketones is 3. The average molecular weight is 439 g/mol. The van der Waals surface area contributed by atoms with E-state index in [4.69, 9.17) is 9.47 Å². The number of Topliss-reactive ketones (excluding diaryl/α,β-unsaturated/α-hetero) is 3. The predicted molar refractivity (Wildman–Crippen MR) is 110 cm³/mol. The van der Waals surface area contributed by atoms with Crippen LogP contribution in [-0.4, -0.2) is 70.0 Å². The van der Waals surface area contributed by atoms with Crippen LogP contribution in [0.25, 0.3) is 0 Å². The summed E-state index contributed by atoms with van der Waals surface area (Å²) in [7, 11) is 0. The van der Waals surface area contributed by atoms with E-state index in [2.05, 4.69) is 0 Å². The number of hydrogen-bond acceptors (Lipinski definition) is 8. The van der Waals surface area contributed by atoms with Crippen LogP contribution in [0.5, 0.6) is 0 Å². The topological polar surface area (TPSA) is 130 Å². The van der Waals surface area contributed by atoms with Gasteiger partial charge in [-0.1, -0.05) is 26.0 Å². The highest BCUT2D eigenvalue weighted by Crippen LogP contribution is 2.45. The maximum Gasteiger partial charge on any atom is 0.186 e. The van der Waals surface area contributed by atoms with E-state index in [0.29, 0.717) is 25.7 Å². The van der Waals surface area contributed by atoms with Crippen LogP contribution in [0.15, 0.2) is 12.2 Å². The molecule has 0 bridgehead atoms. The van der Waals surface area contributed by atoms with Crippen LogP contribution in [0.3, 0.4) is 0 Å². The molecule has 3 N–H and O–H groups in total. The van der Waals surface area contributed by atoms with Crippen LogP contribution in [0.1, 0.15) is 46.5 Å². The van der Waals surface area contributed by atoms with Gasteiger partial charge in [0.1, 0.15) is 35.7 Å². The van der Waals surface area contributed by atoms with Gasteiger partial charge in [0.25, 0.3) is 0 Å². The number of rotatable bonds is 8. The average Bonchev–Trinajstić information content (AvgIpc) is 3.00. The number of carbonyl (C=O) groups excluding carboxylic acids is 3. The van der Waals surface area contributed by atoms with E-state index in [1.807, 2.05) is 19.1 Å². The summed E-state index contributed by atoms with van der Waals surface area (Å²) in [6, 6.07) is 0. The van der Waals surface area contributed by atoms with E-state index in [1.54, 1.807) is 13.8 Å². The zero-order valence-corrected chi connectivity index (χ0v) is 18.3. The summed E-state index contributed by atoms with van der Waals surface area (Å²) in [6.07, 6.45) is -0.335. The number of aliphatic hydroxyl groups excluding tert-OH is 3. The zero-order chi connectivity index (χ0) is 22.9. The Morgan fingerprint density at radius 2 is 1.71 bits per heavy atom. The lowest BCUT2D eigenvalue weighted by Gasteiger charge is -2.40. The van der Waals surface area contributed by atoms with Gasteiger partial charge in [0, 0.05) is 30.6 Å². The Balaban J connectivity index is 1.66. The maximum atomic E-state index is 13.2. The number of aliphatic hydroxyl groups is 3. The number of carbonyl (C=O) groups is 3. The van der Waals surface area contributed by atoms with Gasteiger partial charge in [0.05, 0.1) is 18.6 Å². The SMILES string of the molecule is CCC(=O)CCCC1C(=O)C2C(C)C=CC(CO[C@@H]3OC(C)[C@H](O)[C@H](O)C3O)C2C1=O. The molecule has 8 nitrogen and oxygen atoms in total. The van der Waals surface area contributed by atoms with E-state index in [9.17, 15) is 29.7 Å². The van der Waals surface area contributed by atoms with Gasteiger partial charge in [0.15, 0.2) is 6.29 Å². The van der Waals surface area contributed by atoms with Crippen molar-refractivity contribution in [2.45, 2.75) is 77.2 Å². The summed E-state index contributed by atoms with van der Waals surface area (Å²) in [4.78, 5) is 37.8. The second kappa shape index (κ2) is 10.0. The van der Waals surface area contributed by atoms with Crippen molar-refractivity contribution in [1.29, 1.82) is 0 Å². The highest BCUT2D eigenvalue weighted by Gasteiger charge is 2.54. The lowest BCUT2D eigenvalue weighted by Crippen LogP contribution is -2.57. The molecule has 10 atom stereocenters. The Bertz CT molecular complexity index is 718. The first-order valence-electron chi connectivity index (χ1n) is 11.3. The second-order valence-corrected chi connectivity index (χ2v) is 9.12. The lowest BCUT2D eigenvalue weighted by molar-refractivity contribution is -0.295. The first kappa shape index (κ1) is 24.2. The van der Waals surface area contributed by atoms with Gasteiger partial charge in [-0.15, -0.1) is 0 Å². The monoisotopic (exact) mass is 438 g/mol. The molecule has 174 valence electrons. The molecule has 1 saturated heterocycles. The first-order chi connectivity index (χ1) is 14.7. The standard InChI is InChI=1S/C23H34O8/c1-4-14(24)6-5-7-15-19(26)16-11(2)8-9-13(17(16)20(15)27)10-30-23-22(29)21(28)18(25)12(3)31-23/h8-9,11-13,15-18,21-23,25,28-29H,4-7,10H2,1-3H3/t11?,12?,13?,15?,16?,17?,18-,21-,22?,23+/m0/s1. The van der Waals surface area contributed by atoms with Crippen LogP contribution >= 0.6 is 0 Å². The fraction of sp³-hybridized carbons (Fsp3) is 0.783. The molecule has 7 unspecified atom stereocenters. The third-order valence-corrected chi connectivity index (χ3v) is 7.02. The Kier molecular flexibility index (Phi) is 7.81. The lowest BCUT2D eigenvalue weighted by atomic mass is 9.72. The molecule has 1 saturated carbocycles. The molecule has 8 heteroatoms. The molecule has 0 radical (unpaired) electrons. The van der Waals surface area contributed by atoms with Gasteiger partial charge in [0.2, 0.25) is 0 Å². The molecule has 2 fully saturated rings. The summed E-state index contributed by atoms with van der Waals surface area (Å²) in [6.45, 7) is 5.34. The third kappa shape index (κ3) is 4.83. The molecule has 3 rings (SSSR count). The van der Waals surface area contributed by atoms with Gasteiger partial charge < -0.3 is 24.8 Å². The molecule has 0 aromatic rings. The normalized spacial score (nSPS) is 42.6. The van der Waals surface area contributed by atoms with Crippen LogP contribution in [0.2, 0.25) is 0 Å². The van der Waals surface area contributed by atoms with E-state index >= 15 is 0 Å². The van der Waals surface area contributed by atoms with Crippen molar-refractivity contribution >= 4 is 17.3 Å². The molecular formula is C23H34O8. The Morgan fingerprint density at radius 1 is 1.03 bits per heavy atom. The summed E-state index contributed by atoms with van der Waals surface area (Å²) in [5.41, 5.74) is 0. The van der Waals surface area contributed by atoms with E-state index in [1.165, 1.54) is 0 Å². The fourth-order valence-electron chi connectivity index (χ4n) is 5.06. The Morgan fingerprint density at radius 3 is 2.39 bits per heavy atom. The molecule has 31 heavy (non-hydrogen) atoms. The van der Waals surface area contributed by atoms with Gasteiger partial charge in [-0.25, -0.2) is 0 Å². The van der Waals surface area contributed by atoms with Crippen LogP contribution in [0.4, 0.5) is 0 Å². The third-order valence-electron chi connectivity index (χ3n) is 7.02. The molecule has 2 aliphatic carbocycles. The highest BCUT2D eigenvalue weighted by molar-refractivity contribution is 6.12. The minimum atomic E-state index is -1.42. The van der Waals surface area contributed by atoms with Crippen LogP contribution < -0.4 is 0 Å². The minimum absolute atomic E-state index is 0.0434. The van der Waals surface area contributed by atoms with E-state index in [0.717, 1.165) is 0 Å². The summed E-state index contributed by atoms with van der Waals surface area (Å²) in [5, 5.41) is 29.9. The summed E-state index contributed by atoms with van der Waals surface area (Å²) in [5.74, 6) is -2.04. The van der Waals surface area contributed by atoms with E-state index < -0.39 is 48.5 Å².